The molecule has 0 bridgehead atoms. The summed E-state index contributed by atoms with van der Waals surface area (Å²) in [5, 5.41) is 9.52. The molecule has 0 radical (unpaired) electrons. The highest BCUT2D eigenvalue weighted by molar-refractivity contribution is 9.10. The molecule has 0 saturated heterocycles. The number of rotatable bonds is 2. The second-order valence-corrected chi connectivity index (χ2v) is 5.77. The van der Waals surface area contributed by atoms with E-state index in [4.69, 9.17) is 0 Å². The van der Waals surface area contributed by atoms with Crippen molar-refractivity contribution in [1.29, 1.82) is 0 Å². The van der Waals surface area contributed by atoms with Crippen molar-refractivity contribution < 1.29 is 18.7 Å². The zero-order valence-electron chi connectivity index (χ0n) is 11.4. The molecule has 3 rings (SSSR count). The number of carboxylic acid groups (broad SMARTS) is 1. The van der Waals surface area contributed by atoms with E-state index in [0.717, 1.165) is 12.1 Å². The normalized spacial score (nSPS) is 10.9. The molecular formula is C16H8BrF2NO3. The number of fused-ring (bicyclic) bond motifs is 1. The predicted molar refractivity (Wildman–Crippen MR) is 84.6 cm³/mol. The number of pyridine rings is 1. The second kappa shape index (κ2) is 5.58. The van der Waals surface area contributed by atoms with Gasteiger partial charge in [0, 0.05) is 21.5 Å². The molecule has 0 unspecified atom stereocenters. The summed E-state index contributed by atoms with van der Waals surface area (Å²) < 4.78 is 27.5. The standard InChI is InChI=1S/C16H8BrF2NO3/c17-8-1-2-11-12(5-8)20-14(13(15(11)21)16(22)23)7-3-9(18)6-10(19)4-7/h1-6H,(H,20,21)(H,22,23). The summed E-state index contributed by atoms with van der Waals surface area (Å²) in [6.45, 7) is 0. The number of aromatic amines is 1. The Morgan fingerprint density at radius 3 is 2.35 bits per heavy atom. The average molecular weight is 380 g/mol. The van der Waals surface area contributed by atoms with Crippen LogP contribution in [0.3, 0.4) is 0 Å². The number of hydrogen-bond donors (Lipinski definition) is 2. The van der Waals surface area contributed by atoms with Crippen LogP contribution in [0.1, 0.15) is 10.4 Å². The molecule has 23 heavy (non-hydrogen) atoms. The van der Waals surface area contributed by atoms with Crippen LogP contribution in [0, 0.1) is 11.6 Å². The highest BCUT2D eigenvalue weighted by atomic mass is 79.9. The maximum Gasteiger partial charge on any atom is 0.341 e. The second-order valence-electron chi connectivity index (χ2n) is 4.86. The SMILES string of the molecule is O=C(O)c1c(-c2cc(F)cc(F)c2)[nH]c2cc(Br)ccc2c1=O. The third-order valence-corrected chi connectivity index (χ3v) is 3.82. The minimum Gasteiger partial charge on any atom is -0.477 e. The van der Waals surface area contributed by atoms with Gasteiger partial charge >= 0.3 is 5.97 Å². The summed E-state index contributed by atoms with van der Waals surface area (Å²) in [4.78, 5) is 26.7. The van der Waals surface area contributed by atoms with Gasteiger partial charge in [-0.2, -0.15) is 0 Å². The van der Waals surface area contributed by atoms with E-state index < -0.39 is 28.6 Å². The van der Waals surface area contributed by atoms with Crippen molar-refractivity contribution >= 4 is 32.8 Å². The average Bonchev–Trinajstić information content (AvgIpc) is 2.45. The topological polar surface area (TPSA) is 70.2 Å². The van der Waals surface area contributed by atoms with Gasteiger partial charge in [0.1, 0.15) is 17.2 Å². The first-order valence-corrected chi connectivity index (χ1v) is 7.21. The van der Waals surface area contributed by atoms with E-state index in [1.165, 1.54) is 6.07 Å². The Kier molecular flexibility index (Phi) is 3.73. The minimum absolute atomic E-state index is 0.0566. The molecule has 0 fully saturated rings. The number of hydrogen-bond acceptors (Lipinski definition) is 2. The summed E-state index contributed by atoms with van der Waals surface area (Å²) in [7, 11) is 0. The number of aromatic carboxylic acids is 1. The molecule has 0 atom stereocenters. The van der Waals surface area contributed by atoms with Gasteiger partial charge in [0.15, 0.2) is 0 Å². The lowest BCUT2D eigenvalue weighted by atomic mass is 10.0. The lowest BCUT2D eigenvalue weighted by molar-refractivity contribution is 0.0696. The molecule has 2 N–H and O–H groups in total. The maximum absolute atomic E-state index is 13.4. The van der Waals surface area contributed by atoms with E-state index in [9.17, 15) is 23.5 Å². The Morgan fingerprint density at radius 2 is 1.74 bits per heavy atom. The van der Waals surface area contributed by atoms with Crippen molar-refractivity contribution in [2.45, 2.75) is 0 Å². The van der Waals surface area contributed by atoms with Gasteiger partial charge in [-0.3, -0.25) is 4.79 Å². The van der Waals surface area contributed by atoms with Crippen LogP contribution in [0.15, 0.2) is 45.7 Å². The van der Waals surface area contributed by atoms with Gasteiger partial charge in [0.2, 0.25) is 5.43 Å². The predicted octanol–water partition coefficient (Wildman–Crippen LogP) is 3.93. The van der Waals surface area contributed by atoms with E-state index in [1.807, 2.05) is 0 Å². The van der Waals surface area contributed by atoms with Gasteiger partial charge in [-0.15, -0.1) is 0 Å². The van der Waals surface area contributed by atoms with Gasteiger partial charge in [0.25, 0.3) is 0 Å². The molecular weight excluding hydrogens is 372 g/mol. The molecule has 0 spiro atoms. The number of aromatic nitrogens is 1. The zero-order valence-corrected chi connectivity index (χ0v) is 12.9. The van der Waals surface area contributed by atoms with Crippen LogP contribution in [0.4, 0.5) is 8.78 Å². The van der Waals surface area contributed by atoms with Gasteiger partial charge in [-0.25, -0.2) is 13.6 Å². The summed E-state index contributed by atoms with van der Waals surface area (Å²) in [5.41, 5.74) is -1.14. The van der Waals surface area contributed by atoms with E-state index in [0.29, 0.717) is 16.1 Å². The van der Waals surface area contributed by atoms with Gasteiger partial charge in [0.05, 0.1) is 11.2 Å². The van der Waals surface area contributed by atoms with E-state index in [1.54, 1.807) is 12.1 Å². The molecule has 4 nitrogen and oxygen atoms in total. The van der Waals surface area contributed by atoms with E-state index in [-0.39, 0.29) is 16.6 Å². The van der Waals surface area contributed by atoms with Crippen molar-refractivity contribution in [3.8, 4) is 11.3 Å². The van der Waals surface area contributed by atoms with Crippen LogP contribution in [-0.2, 0) is 0 Å². The Bertz CT molecular complexity index is 994. The number of carboxylic acids is 1. The molecule has 0 aliphatic rings. The van der Waals surface area contributed by atoms with E-state index in [2.05, 4.69) is 20.9 Å². The molecule has 0 amide bonds. The number of nitrogens with one attached hydrogen (secondary N) is 1. The van der Waals surface area contributed by atoms with Gasteiger partial charge < -0.3 is 10.1 Å². The Morgan fingerprint density at radius 1 is 1.09 bits per heavy atom. The van der Waals surface area contributed by atoms with Gasteiger partial charge in [-0.05, 0) is 30.3 Å². The molecule has 1 heterocycles. The van der Waals surface area contributed by atoms with Crippen LogP contribution < -0.4 is 5.43 Å². The fourth-order valence-corrected chi connectivity index (χ4v) is 2.74. The monoisotopic (exact) mass is 379 g/mol. The van der Waals surface area contributed by atoms with E-state index >= 15 is 0 Å². The number of carbonyl (C=O) groups is 1. The summed E-state index contributed by atoms with van der Waals surface area (Å²) in [5.74, 6) is -3.21. The first-order chi connectivity index (χ1) is 10.9. The molecule has 7 heteroatoms. The quantitative estimate of drug-likeness (QED) is 0.708. The lowest BCUT2D eigenvalue weighted by Crippen LogP contribution is -2.18. The first kappa shape index (κ1) is 15.4. The maximum atomic E-state index is 13.4. The van der Waals surface area contributed by atoms with Crippen LogP contribution >= 0.6 is 15.9 Å². The zero-order chi connectivity index (χ0) is 16.7. The van der Waals surface area contributed by atoms with Crippen molar-refractivity contribution in [3.63, 3.8) is 0 Å². The molecule has 3 aromatic rings. The molecule has 1 aromatic heterocycles. The fourth-order valence-electron chi connectivity index (χ4n) is 2.38. The fraction of sp³-hybridized carbons (Fsp3) is 0. The van der Waals surface area contributed by atoms with Crippen LogP contribution in [0.25, 0.3) is 22.2 Å². The Labute approximate surface area is 136 Å². The van der Waals surface area contributed by atoms with Crippen molar-refractivity contribution in [3.05, 3.63) is 68.3 Å². The molecule has 116 valence electrons. The first-order valence-electron chi connectivity index (χ1n) is 6.42. The van der Waals surface area contributed by atoms with Crippen LogP contribution in [-0.4, -0.2) is 16.1 Å². The van der Waals surface area contributed by atoms with Crippen LogP contribution in [0.5, 0.6) is 0 Å². The Balaban J connectivity index is 2.45. The highest BCUT2D eigenvalue weighted by Gasteiger charge is 2.20. The van der Waals surface area contributed by atoms with Gasteiger partial charge in [-0.1, -0.05) is 15.9 Å². The smallest absolute Gasteiger partial charge is 0.341 e. The largest absolute Gasteiger partial charge is 0.477 e. The van der Waals surface area contributed by atoms with Crippen LogP contribution in [0.2, 0.25) is 0 Å². The van der Waals surface area contributed by atoms with Crippen molar-refractivity contribution in [2.75, 3.05) is 0 Å². The number of halogens is 3. The summed E-state index contributed by atoms with van der Waals surface area (Å²) >= 11 is 3.25. The third-order valence-electron chi connectivity index (χ3n) is 3.33. The summed E-state index contributed by atoms with van der Waals surface area (Å²) in [6.07, 6.45) is 0. The molecule has 0 aliphatic heterocycles. The van der Waals surface area contributed by atoms with Crippen molar-refractivity contribution in [2.24, 2.45) is 0 Å². The summed E-state index contributed by atoms with van der Waals surface area (Å²) in [6, 6.07) is 7.25. The number of benzene rings is 2. The molecule has 2 aromatic carbocycles. The third kappa shape index (κ3) is 2.75. The molecule has 0 saturated carbocycles. The minimum atomic E-state index is -1.48. The number of H-pyrrole nitrogens is 1. The molecule has 0 aliphatic carbocycles. The lowest BCUT2D eigenvalue weighted by Gasteiger charge is -2.09. The van der Waals surface area contributed by atoms with Crippen molar-refractivity contribution in [1.82, 2.24) is 4.98 Å². The Hall–Kier alpha value is -2.54. The highest BCUT2D eigenvalue weighted by Crippen LogP contribution is 2.25.